The molecule has 0 aliphatic heterocycles. The fourth-order valence-corrected chi connectivity index (χ4v) is 5.88. The van der Waals surface area contributed by atoms with Gasteiger partial charge in [-0.25, -0.2) is 4.57 Å². The molecule has 0 spiro atoms. The second kappa shape index (κ2) is 7.97. The molecule has 0 radical (unpaired) electrons. The van der Waals surface area contributed by atoms with Gasteiger partial charge in [-0.2, -0.15) is 5.26 Å². The van der Waals surface area contributed by atoms with Gasteiger partial charge in [0.25, 0.3) is 0 Å². The third-order valence-corrected chi connectivity index (χ3v) is 8.77. The first-order valence-corrected chi connectivity index (χ1v) is 15.1. The molecule has 2 aromatic heterocycles. The van der Waals surface area contributed by atoms with Gasteiger partial charge in [0.05, 0.1) is 25.3 Å². The zero-order chi connectivity index (χ0) is 24.2. The van der Waals surface area contributed by atoms with Crippen LogP contribution in [0, 0.1) is 25.2 Å². The molecule has 0 amide bonds. The normalized spacial score (nSPS) is 11.8. The van der Waals surface area contributed by atoms with Crippen LogP contribution in [0.25, 0.3) is 44.3 Å². The minimum absolute atomic E-state index is 0.641. The van der Waals surface area contributed by atoms with Crippen molar-refractivity contribution in [3.63, 3.8) is 0 Å². The SMILES string of the molecule is Cc1cc[n+](C)c(-c2c(C)ccc3c2oc2c(-c4ccc([Si](C)(C)C)cc4)cc(C#N)cc23)c1. The summed E-state index contributed by atoms with van der Waals surface area (Å²) in [6.07, 6.45) is 2.09. The second-order valence-corrected chi connectivity index (χ2v) is 15.4. The van der Waals surface area contributed by atoms with Crippen LogP contribution in [0.5, 0.6) is 0 Å². The molecule has 0 aliphatic rings. The van der Waals surface area contributed by atoms with Crippen molar-refractivity contribution in [2.75, 3.05) is 0 Å². The lowest BCUT2D eigenvalue weighted by atomic mass is 9.97. The quantitative estimate of drug-likeness (QED) is 0.219. The Hall–Kier alpha value is -3.68. The third-order valence-electron chi connectivity index (χ3n) is 6.70. The van der Waals surface area contributed by atoms with E-state index in [0.717, 1.165) is 49.9 Å². The fourth-order valence-electron chi connectivity index (χ4n) is 4.71. The number of hydrogen-bond donors (Lipinski definition) is 0. The molecule has 168 valence electrons. The van der Waals surface area contributed by atoms with E-state index in [1.807, 2.05) is 12.1 Å². The second-order valence-electron chi connectivity index (χ2n) is 10.3. The highest BCUT2D eigenvalue weighted by molar-refractivity contribution is 6.88. The topological polar surface area (TPSA) is 40.8 Å². The highest BCUT2D eigenvalue weighted by Crippen LogP contribution is 2.41. The van der Waals surface area contributed by atoms with Gasteiger partial charge in [-0.05, 0) is 42.7 Å². The van der Waals surface area contributed by atoms with Crippen LogP contribution >= 0.6 is 0 Å². The van der Waals surface area contributed by atoms with E-state index in [-0.39, 0.29) is 0 Å². The number of nitriles is 1. The van der Waals surface area contributed by atoms with E-state index in [4.69, 9.17) is 4.42 Å². The molecule has 2 heterocycles. The largest absolute Gasteiger partial charge is 0.454 e. The number of benzene rings is 3. The molecule has 0 fully saturated rings. The van der Waals surface area contributed by atoms with Crippen molar-refractivity contribution < 1.29 is 8.98 Å². The Morgan fingerprint density at radius 2 is 1.59 bits per heavy atom. The Morgan fingerprint density at radius 1 is 0.853 bits per heavy atom. The average Bonchev–Trinajstić information content (AvgIpc) is 3.18. The maximum Gasteiger partial charge on any atom is 0.216 e. The molecule has 5 rings (SSSR count). The summed E-state index contributed by atoms with van der Waals surface area (Å²) in [7, 11) is 0.670. The van der Waals surface area contributed by atoms with Crippen LogP contribution in [0.3, 0.4) is 0 Å². The summed E-state index contributed by atoms with van der Waals surface area (Å²) in [6, 6.07) is 23.6. The summed E-state index contributed by atoms with van der Waals surface area (Å²) < 4.78 is 8.82. The van der Waals surface area contributed by atoms with E-state index in [1.165, 1.54) is 10.8 Å². The van der Waals surface area contributed by atoms with Gasteiger partial charge in [0, 0.05) is 28.5 Å². The molecule has 0 N–H and O–H groups in total. The van der Waals surface area contributed by atoms with Crippen LogP contribution in [-0.2, 0) is 7.05 Å². The highest BCUT2D eigenvalue weighted by atomic mass is 28.3. The summed E-state index contributed by atoms with van der Waals surface area (Å²) in [5, 5.41) is 13.2. The number of rotatable bonds is 3. The molecule has 5 aromatic rings. The Balaban J connectivity index is 1.83. The number of fused-ring (bicyclic) bond motifs is 3. The lowest BCUT2D eigenvalue weighted by Crippen LogP contribution is -2.37. The summed E-state index contributed by atoms with van der Waals surface area (Å²) in [6.45, 7) is 11.3. The average molecular weight is 462 g/mol. The van der Waals surface area contributed by atoms with Crippen molar-refractivity contribution in [2.24, 2.45) is 7.05 Å². The summed E-state index contributed by atoms with van der Waals surface area (Å²) >= 11 is 0. The Kier molecular flexibility index (Phi) is 5.19. The van der Waals surface area contributed by atoms with Gasteiger partial charge in [0.2, 0.25) is 5.69 Å². The molecule has 0 saturated heterocycles. The van der Waals surface area contributed by atoms with E-state index in [9.17, 15) is 5.26 Å². The van der Waals surface area contributed by atoms with Crippen LogP contribution in [0.4, 0.5) is 0 Å². The molecule has 3 nitrogen and oxygen atoms in total. The first kappa shape index (κ1) is 22.1. The zero-order valence-corrected chi connectivity index (χ0v) is 21.7. The maximum absolute atomic E-state index is 9.79. The third kappa shape index (κ3) is 3.63. The number of aryl methyl sites for hydroxylation is 3. The Bertz CT molecular complexity index is 1610. The van der Waals surface area contributed by atoms with E-state index in [1.54, 1.807) is 0 Å². The standard InChI is InChI=1S/C30H29N2OSi/c1-19-13-14-32(3)27(15-19)28-20(2)7-12-24-26-17-21(18-31)16-25(29(26)33-30(24)28)22-8-10-23(11-9-22)34(4,5)6/h7-17H,1-6H3/q+1. The molecule has 4 heteroatoms. The maximum atomic E-state index is 9.79. The van der Waals surface area contributed by atoms with Gasteiger partial charge in [-0.15, -0.1) is 0 Å². The van der Waals surface area contributed by atoms with Gasteiger partial charge in [-0.1, -0.05) is 61.2 Å². The number of nitrogens with zero attached hydrogens (tertiary/aromatic N) is 2. The molecule has 0 unspecified atom stereocenters. The van der Waals surface area contributed by atoms with Crippen molar-refractivity contribution in [3.05, 3.63) is 83.6 Å². The summed E-state index contributed by atoms with van der Waals surface area (Å²) in [5.74, 6) is 0. The van der Waals surface area contributed by atoms with Crippen LogP contribution in [0.2, 0.25) is 19.6 Å². The van der Waals surface area contributed by atoms with Crippen molar-refractivity contribution in [2.45, 2.75) is 33.5 Å². The van der Waals surface area contributed by atoms with Gasteiger partial charge in [0.1, 0.15) is 18.2 Å². The fraction of sp³-hybridized carbons (Fsp3) is 0.200. The molecule has 3 aromatic carbocycles. The van der Waals surface area contributed by atoms with Crippen LogP contribution in [0.15, 0.2) is 71.3 Å². The van der Waals surface area contributed by atoms with E-state index < -0.39 is 8.07 Å². The molecule has 34 heavy (non-hydrogen) atoms. The van der Waals surface area contributed by atoms with E-state index in [0.29, 0.717) is 5.56 Å². The minimum Gasteiger partial charge on any atom is -0.454 e. The summed E-state index contributed by atoms with van der Waals surface area (Å²) in [4.78, 5) is 0. The van der Waals surface area contributed by atoms with Gasteiger partial charge < -0.3 is 4.42 Å². The lowest BCUT2D eigenvalue weighted by Gasteiger charge is -2.16. The van der Waals surface area contributed by atoms with E-state index in [2.05, 4.69) is 106 Å². The van der Waals surface area contributed by atoms with Crippen LogP contribution in [0.1, 0.15) is 16.7 Å². The number of aromatic nitrogens is 1. The number of furan rings is 1. The van der Waals surface area contributed by atoms with E-state index >= 15 is 0 Å². The molecule has 0 bridgehead atoms. The predicted molar refractivity (Wildman–Crippen MR) is 143 cm³/mol. The number of pyridine rings is 1. The van der Waals surface area contributed by atoms with Crippen molar-refractivity contribution in [1.29, 1.82) is 5.26 Å². The zero-order valence-electron chi connectivity index (χ0n) is 20.7. The Labute approximate surface area is 201 Å². The predicted octanol–water partition coefficient (Wildman–Crippen LogP) is 6.78. The lowest BCUT2D eigenvalue weighted by molar-refractivity contribution is -0.660. The van der Waals surface area contributed by atoms with Crippen molar-refractivity contribution >= 4 is 35.2 Å². The van der Waals surface area contributed by atoms with Gasteiger partial charge in [-0.3, -0.25) is 0 Å². The first-order chi connectivity index (χ1) is 16.2. The van der Waals surface area contributed by atoms with Crippen molar-refractivity contribution in [3.8, 4) is 28.5 Å². The summed E-state index contributed by atoms with van der Waals surface area (Å²) in [5.41, 5.74) is 8.95. The molecular formula is C30H29N2OSi+. The molecular weight excluding hydrogens is 432 g/mol. The number of hydrogen-bond acceptors (Lipinski definition) is 2. The monoisotopic (exact) mass is 461 g/mol. The minimum atomic E-state index is -1.39. The van der Waals surface area contributed by atoms with Crippen LogP contribution in [-0.4, -0.2) is 8.07 Å². The highest BCUT2D eigenvalue weighted by Gasteiger charge is 2.23. The molecule has 0 atom stereocenters. The van der Waals surface area contributed by atoms with Crippen molar-refractivity contribution in [1.82, 2.24) is 0 Å². The van der Waals surface area contributed by atoms with Gasteiger partial charge in [0.15, 0.2) is 6.20 Å². The van der Waals surface area contributed by atoms with Crippen LogP contribution < -0.4 is 9.75 Å². The molecule has 0 aliphatic carbocycles. The van der Waals surface area contributed by atoms with Gasteiger partial charge >= 0.3 is 0 Å². The smallest absolute Gasteiger partial charge is 0.216 e. The molecule has 0 saturated carbocycles. The first-order valence-electron chi connectivity index (χ1n) is 11.6. The Morgan fingerprint density at radius 3 is 2.26 bits per heavy atom.